The molecule has 0 amide bonds. The van der Waals surface area contributed by atoms with Crippen LogP contribution in [-0.4, -0.2) is 8.42 Å². The molecular weight excluding hydrogens is 397 g/mol. The molecule has 0 bridgehead atoms. The third-order valence-corrected chi connectivity index (χ3v) is 5.78. The fourth-order valence-electron chi connectivity index (χ4n) is 1.89. The lowest BCUT2D eigenvalue weighted by atomic mass is 10.1. The molecule has 112 valence electrons. The second kappa shape index (κ2) is 6.67. The second-order valence-corrected chi connectivity index (χ2v) is 7.83. The molecule has 0 radical (unpaired) electrons. The molecule has 0 saturated carbocycles. The molecule has 0 aliphatic rings. The summed E-state index contributed by atoms with van der Waals surface area (Å²) in [7, 11) is -3.82. The molecule has 2 rings (SSSR count). The summed E-state index contributed by atoms with van der Waals surface area (Å²) in [6.45, 7) is 1.76. The van der Waals surface area contributed by atoms with Gasteiger partial charge in [0.1, 0.15) is 4.90 Å². The van der Waals surface area contributed by atoms with Gasteiger partial charge in [-0.1, -0.05) is 69.5 Å². The lowest BCUT2D eigenvalue weighted by Crippen LogP contribution is -2.27. The van der Waals surface area contributed by atoms with E-state index in [2.05, 4.69) is 20.7 Å². The summed E-state index contributed by atoms with van der Waals surface area (Å²) >= 11 is 15.2. The van der Waals surface area contributed by atoms with Gasteiger partial charge in [0.05, 0.1) is 10.0 Å². The standard InChI is InChI=1S/C14H12BrCl2NO2S/c1-9(10-5-3-2-4-6-10)18-21(19,20)14-12(16)7-11(15)8-13(14)17/h2-9,18H,1H3. The van der Waals surface area contributed by atoms with Crippen LogP contribution < -0.4 is 4.72 Å². The first-order valence-electron chi connectivity index (χ1n) is 6.03. The maximum atomic E-state index is 12.5. The summed E-state index contributed by atoms with van der Waals surface area (Å²) < 4.78 is 28.1. The fourth-order valence-corrected chi connectivity index (χ4v) is 5.06. The maximum Gasteiger partial charge on any atom is 0.244 e. The topological polar surface area (TPSA) is 46.2 Å². The average Bonchev–Trinajstić information content (AvgIpc) is 2.37. The Morgan fingerprint density at radius 2 is 1.62 bits per heavy atom. The van der Waals surface area contributed by atoms with Gasteiger partial charge in [-0.15, -0.1) is 0 Å². The number of hydrogen-bond donors (Lipinski definition) is 1. The molecule has 21 heavy (non-hydrogen) atoms. The minimum absolute atomic E-state index is 0.0714. The molecule has 1 N–H and O–H groups in total. The third kappa shape index (κ3) is 3.99. The zero-order chi connectivity index (χ0) is 15.6. The zero-order valence-electron chi connectivity index (χ0n) is 11.0. The number of nitrogens with one attached hydrogen (secondary N) is 1. The van der Waals surface area contributed by atoms with Crippen LogP contribution in [0.15, 0.2) is 51.8 Å². The number of halogens is 3. The molecule has 0 fully saturated rings. The van der Waals surface area contributed by atoms with E-state index in [4.69, 9.17) is 23.2 Å². The van der Waals surface area contributed by atoms with E-state index in [0.717, 1.165) is 5.56 Å². The van der Waals surface area contributed by atoms with Gasteiger partial charge < -0.3 is 0 Å². The van der Waals surface area contributed by atoms with Crippen LogP contribution in [0.3, 0.4) is 0 Å². The van der Waals surface area contributed by atoms with Crippen molar-refractivity contribution in [3.05, 3.63) is 62.5 Å². The maximum absolute atomic E-state index is 12.5. The van der Waals surface area contributed by atoms with Gasteiger partial charge in [-0.3, -0.25) is 0 Å². The summed E-state index contributed by atoms with van der Waals surface area (Å²) in [4.78, 5) is -0.114. The smallest absolute Gasteiger partial charge is 0.207 e. The van der Waals surface area contributed by atoms with Gasteiger partial charge in [0.2, 0.25) is 10.0 Å². The highest BCUT2D eigenvalue weighted by Gasteiger charge is 2.24. The van der Waals surface area contributed by atoms with E-state index in [9.17, 15) is 8.42 Å². The molecule has 0 spiro atoms. The fraction of sp³-hybridized carbons (Fsp3) is 0.143. The van der Waals surface area contributed by atoms with E-state index in [1.165, 1.54) is 12.1 Å². The van der Waals surface area contributed by atoms with Crippen LogP contribution in [0, 0.1) is 0 Å². The van der Waals surface area contributed by atoms with Gasteiger partial charge in [-0.25, -0.2) is 13.1 Å². The molecule has 0 aromatic heterocycles. The molecular formula is C14H12BrCl2NO2S. The van der Waals surface area contributed by atoms with E-state index in [-0.39, 0.29) is 14.9 Å². The molecule has 3 nitrogen and oxygen atoms in total. The Kier molecular flexibility index (Phi) is 5.33. The Balaban J connectivity index is 2.36. The Morgan fingerprint density at radius 1 is 1.10 bits per heavy atom. The molecule has 2 aromatic carbocycles. The second-order valence-electron chi connectivity index (χ2n) is 4.45. The summed E-state index contributed by atoms with van der Waals surface area (Å²) in [6, 6.07) is 11.8. The van der Waals surface area contributed by atoms with Gasteiger partial charge in [-0.2, -0.15) is 0 Å². The minimum atomic E-state index is -3.82. The van der Waals surface area contributed by atoms with E-state index < -0.39 is 16.1 Å². The molecule has 7 heteroatoms. The molecule has 1 unspecified atom stereocenters. The molecule has 0 saturated heterocycles. The van der Waals surface area contributed by atoms with Crippen LogP contribution in [0.5, 0.6) is 0 Å². The van der Waals surface area contributed by atoms with E-state index >= 15 is 0 Å². The number of rotatable bonds is 4. The molecule has 0 heterocycles. The van der Waals surface area contributed by atoms with Crippen molar-refractivity contribution in [3.63, 3.8) is 0 Å². The van der Waals surface area contributed by atoms with Gasteiger partial charge in [0.25, 0.3) is 0 Å². The predicted octanol–water partition coefficient (Wildman–Crippen LogP) is 4.80. The Hall–Kier alpha value is -0.590. The van der Waals surface area contributed by atoms with Crippen molar-refractivity contribution in [3.8, 4) is 0 Å². The average molecular weight is 409 g/mol. The van der Waals surface area contributed by atoms with Crippen molar-refractivity contribution in [1.29, 1.82) is 0 Å². The molecule has 0 aliphatic heterocycles. The normalized spacial score (nSPS) is 13.1. The number of sulfonamides is 1. The van der Waals surface area contributed by atoms with Gasteiger partial charge in [-0.05, 0) is 24.6 Å². The summed E-state index contributed by atoms with van der Waals surface area (Å²) in [5, 5.41) is 0.143. The van der Waals surface area contributed by atoms with Crippen LogP contribution in [0.2, 0.25) is 10.0 Å². The Labute approximate surface area is 142 Å². The Bertz CT molecular complexity index is 728. The van der Waals surface area contributed by atoms with E-state index in [0.29, 0.717) is 4.47 Å². The highest BCUT2D eigenvalue weighted by Crippen LogP contribution is 2.33. The zero-order valence-corrected chi connectivity index (χ0v) is 14.9. The highest BCUT2D eigenvalue weighted by atomic mass is 79.9. The SMILES string of the molecule is CC(NS(=O)(=O)c1c(Cl)cc(Br)cc1Cl)c1ccccc1. The van der Waals surface area contributed by atoms with Crippen molar-refractivity contribution >= 4 is 49.2 Å². The quantitative estimate of drug-likeness (QED) is 0.789. The van der Waals surface area contributed by atoms with Crippen LogP contribution >= 0.6 is 39.1 Å². The largest absolute Gasteiger partial charge is 0.244 e. The molecule has 1 atom stereocenters. The Morgan fingerprint density at radius 3 is 2.14 bits per heavy atom. The van der Waals surface area contributed by atoms with Crippen molar-refractivity contribution < 1.29 is 8.42 Å². The van der Waals surface area contributed by atoms with E-state index in [1.54, 1.807) is 6.92 Å². The lowest BCUT2D eigenvalue weighted by Gasteiger charge is -2.16. The van der Waals surface area contributed by atoms with Crippen molar-refractivity contribution in [1.82, 2.24) is 4.72 Å². The first-order chi connectivity index (χ1) is 9.81. The predicted molar refractivity (Wildman–Crippen MR) is 89.3 cm³/mol. The van der Waals surface area contributed by atoms with Crippen molar-refractivity contribution in [2.45, 2.75) is 17.9 Å². The third-order valence-electron chi connectivity index (χ3n) is 2.86. The summed E-state index contributed by atoms with van der Waals surface area (Å²) in [6.07, 6.45) is 0. The first-order valence-corrected chi connectivity index (χ1v) is 9.06. The monoisotopic (exact) mass is 407 g/mol. The van der Waals surface area contributed by atoms with Crippen LogP contribution in [-0.2, 0) is 10.0 Å². The highest BCUT2D eigenvalue weighted by molar-refractivity contribution is 9.10. The van der Waals surface area contributed by atoms with Gasteiger partial charge in [0.15, 0.2) is 0 Å². The molecule has 2 aromatic rings. The number of benzene rings is 2. The number of hydrogen-bond acceptors (Lipinski definition) is 2. The minimum Gasteiger partial charge on any atom is -0.207 e. The van der Waals surface area contributed by atoms with Gasteiger partial charge >= 0.3 is 0 Å². The van der Waals surface area contributed by atoms with Crippen molar-refractivity contribution in [2.75, 3.05) is 0 Å². The summed E-state index contributed by atoms with van der Waals surface area (Å²) in [5.74, 6) is 0. The van der Waals surface area contributed by atoms with Crippen LogP contribution in [0.25, 0.3) is 0 Å². The van der Waals surface area contributed by atoms with Crippen molar-refractivity contribution in [2.24, 2.45) is 0 Å². The first kappa shape index (κ1) is 16.8. The van der Waals surface area contributed by atoms with E-state index in [1.807, 2.05) is 30.3 Å². The lowest BCUT2D eigenvalue weighted by molar-refractivity contribution is 0.567. The van der Waals surface area contributed by atoms with Crippen LogP contribution in [0.1, 0.15) is 18.5 Å². The van der Waals surface area contributed by atoms with Crippen LogP contribution in [0.4, 0.5) is 0 Å². The molecule has 0 aliphatic carbocycles. The summed E-state index contributed by atoms with van der Waals surface area (Å²) in [5.41, 5.74) is 0.852. The van der Waals surface area contributed by atoms with Gasteiger partial charge in [0, 0.05) is 10.5 Å².